The molecule has 2 aromatic heterocycles. The van der Waals surface area contributed by atoms with Crippen molar-refractivity contribution in [2.45, 2.75) is 18.9 Å². The van der Waals surface area contributed by atoms with Crippen molar-refractivity contribution in [3.63, 3.8) is 0 Å². The predicted molar refractivity (Wildman–Crippen MR) is 119 cm³/mol. The maximum Gasteiger partial charge on any atom is 0.490 e. The monoisotopic (exact) mass is 567 g/mol. The quantitative estimate of drug-likeness (QED) is 0.468. The Morgan fingerprint density at radius 2 is 1.46 bits per heavy atom. The third-order valence-corrected chi connectivity index (χ3v) is 5.46. The Hall–Kier alpha value is -4.02. The van der Waals surface area contributed by atoms with Crippen molar-refractivity contribution in [2.24, 2.45) is 17.8 Å². The minimum atomic E-state index is -5.08. The van der Waals surface area contributed by atoms with Gasteiger partial charge in [-0.15, -0.1) is 0 Å². The number of anilines is 1. The van der Waals surface area contributed by atoms with E-state index in [1.807, 2.05) is 24.3 Å². The summed E-state index contributed by atoms with van der Waals surface area (Å²) in [4.78, 5) is 45.5. The first kappa shape index (κ1) is 31.2. The lowest BCUT2D eigenvalue weighted by molar-refractivity contribution is -0.193. The van der Waals surface area contributed by atoms with Crippen LogP contribution in [0.15, 0.2) is 42.9 Å². The van der Waals surface area contributed by atoms with Crippen LogP contribution in [0, 0.1) is 17.8 Å². The molecule has 0 aromatic carbocycles. The molecule has 3 atom stereocenters. The fourth-order valence-corrected chi connectivity index (χ4v) is 3.70. The number of fused-ring (bicyclic) bond motifs is 1. The zero-order chi connectivity index (χ0) is 29.2. The van der Waals surface area contributed by atoms with Crippen LogP contribution in [-0.4, -0.2) is 81.7 Å². The van der Waals surface area contributed by atoms with E-state index in [-0.39, 0.29) is 17.7 Å². The van der Waals surface area contributed by atoms with Crippen molar-refractivity contribution in [1.82, 2.24) is 20.3 Å². The van der Waals surface area contributed by atoms with Gasteiger partial charge in [0.2, 0.25) is 11.9 Å². The van der Waals surface area contributed by atoms with E-state index in [0.29, 0.717) is 25.7 Å². The van der Waals surface area contributed by atoms with Gasteiger partial charge in [0.1, 0.15) is 0 Å². The molecule has 2 aliphatic heterocycles. The van der Waals surface area contributed by atoms with Crippen molar-refractivity contribution in [3.8, 4) is 0 Å². The molecule has 0 bridgehead atoms. The third kappa shape index (κ3) is 9.99. The molecule has 0 unspecified atom stereocenters. The van der Waals surface area contributed by atoms with Crippen LogP contribution in [0.5, 0.6) is 0 Å². The number of carboxylic acids is 2. The van der Waals surface area contributed by atoms with Crippen LogP contribution >= 0.6 is 0 Å². The summed E-state index contributed by atoms with van der Waals surface area (Å²) in [6, 6.07) is 7.50. The number of aliphatic carboxylic acids is 2. The fourth-order valence-electron chi connectivity index (χ4n) is 3.70. The van der Waals surface area contributed by atoms with Crippen LogP contribution < -0.4 is 10.2 Å². The lowest BCUT2D eigenvalue weighted by Crippen LogP contribution is -2.44. The zero-order valence-electron chi connectivity index (χ0n) is 19.9. The van der Waals surface area contributed by atoms with E-state index < -0.39 is 24.3 Å². The van der Waals surface area contributed by atoms with Gasteiger partial charge >= 0.3 is 24.3 Å². The molecule has 2 fully saturated rings. The van der Waals surface area contributed by atoms with Gasteiger partial charge < -0.3 is 25.2 Å². The van der Waals surface area contributed by atoms with Crippen LogP contribution in [0.25, 0.3) is 0 Å². The van der Waals surface area contributed by atoms with Crippen molar-refractivity contribution in [3.05, 3.63) is 48.5 Å². The Labute approximate surface area is 216 Å². The first-order chi connectivity index (χ1) is 18.2. The number of carbonyl (C=O) groups is 3. The maximum atomic E-state index is 12.7. The molecule has 1 amide bonds. The summed E-state index contributed by atoms with van der Waals surface area (Å²) in [5, 5.41) is 17.3. The lowest BCUT2D eigenvalue weighted by atomic mass is 9.82. The number of carbonyl (C=O) groups excluding carboxylic acids is 1. The lowest BCUT2D eigenvalue weighted by Gasteiger charge is -2.31. The highest BCUT2D eigenvalue weighted by Gasteiger charge is 2.44. The molecule has 17 heteroatoms. The van der Waals surface area contributed by atoms with E-state index in [1.165, 1.54) is 0 Å². The van der Waals surface area contributed by atoms with Gasteiger partial charge in [-0.1, -0.05) is 6.07 Å². The summed E-state index contributed by atoms with van der Waals surface area (Å²) in [6.45, 7) is 3.23. The van der Waals surface area contributed by atoms with Crippen LogP contribution in [0.2, 0.25) is 0 Å². The van der Waals surface area contributed by atoms with Crippen LogP contribution in [0.3, 0.4) is 0 Å². The number of hydrogen-bond donors (Lipinski definition) is 3. The number of hydrogen-bond acceptors (Lipinski definition) is 8. The molecule has 2 aliphatic rings. The molecule has 3 N–H and O–H groups in total. The number of nitrogens with one attached hydrogen (secondary N) is 1. The van der Waals surface area contributed by atoms with Gasteiger partial charge in [0, 0.05) is 37.6 Å². The summed E-state index contributed by atoms with van der Waals surface area (Å²) >= 11 is 0. The van der Waals surface area contributed by atoms with Crippen LogP contribution in [0.1, 0.15) is 5.69 Å². The van der Waals surface area contributed by atoms with Gasteiger partial charge in [-0.05, 0) is 24.1 Å². The summed E-state index contributed by atoms with van der Waals surface area (Å²) in [7, 11) is 0. The van der Waals surface area contributed by atoms with Crippen LogP contribution in [0.4, 0.5) is 32.3 Å². The highest BCUT2D eigenvalue weighted by Crippen LogP contribution is 2.35. The Kier molecular flexibility index (Phi) is 10.9. The van der Waals surface area contributed by atoms with E-state index in [2.05, 4.69) is 25.2 Å². The van der Waals surface area contributed by atoms with E-state index >= 15 is 0 Å². The summed E-state index contributed by atoms with van der Waals surface area (Å²) in [6.07, 6.45) is -4.94. The normalized spacial score (nSPS) is 20.4. The number of halogens is 6. The second-order valence-electron chi connectivity index (χ2n) is 8.17. The highest BCUT2D eigenvalue weighted by atomic mass is 19.4. The molecule has 0 spiro atoms. The molecule has 0 aliphatic carbocycles. The predicted octanol–water partition coefficient (Wildman–Crippen LogP) is 2.15. The summed E-state index contributed by atoms with van der Waals surface area (Å²) in [5.74, 6) is -4.29. The SMILES string of the molecule is O=C(NCc1ccccn1)[C@@H]1COC[C@H]2CN(c3ncccn3)C[C@H]21.O=C(O)C(F)(F)F.O=C(O)C(F)(F)F. The Morgan fingerprint density at radius 1 is 0.897 bits per heavy atom. The van der Waals surface area contributed by atoms with Crippen molar-refractivity contribution in [2.75, 3.05) is 31.2 Å². The number of nitrogens with zero attached hydrogens (tertiary/aromatic N) is 4. The first-order valence-electron chi connectivity index (χ1n) is 11.1. The number of pyridine rings is 1. The largest absolute Gasteiger partial charge is 0.490 e. The van der Waals surface area contributed by atoms with Crippen molar-refractivity contribution >= 4 is 23.8 Å². The molecule has 214 valence electrons. The second-order valence-corrected chi connectivity index (χ2v) is 8.17. The minimum absolute atomic E-state index is 0.0381. The second kappa shape index (κ2) is 13.7. The third-order valence-electron chi connectivity index (χ3n) is 5.46. The van der Waals surface area contributed by atoms with Crippen LogP contribution in [-0.2, 0) is 25.7 Å². The maximum absolute atomic E-state index is 12.7. The van der Waals surface area contributed by atoms with E-state index in [4.69, 9.17) is 24.5 Å². The number of ether oxygens (including phenoxy) is 1. The van der Waals surface area contributed by atoms with Gasteiger partial charge in [-0.25, -0.2) is 19.6 Å². The molecule has 4 heterocycles. The molecule has 11 nitrogen and oxygen atoms in total. The summed E-state index contributed by atoms with van der Waals surface area (Å²) < 4.78 is 69.2. The van der Waals surface area contributed by atoms with E-state index in [0.717, 1.165) is 24.7 Å². The van der Waals surface area contributed by atoms with E-state index in [1.54, 1.807) is 18.6 Å². The molecular weight excluding hydrogens is 544 g/mol. The standard InChI is InChI=1S/C18H21N5O2.2C2HF3O2/c24-17(22-8-14-4-1-2-5-19-14)16-12-25-11-13-9-23(10-15(13)16)18-20-6-3-7-21-18;2*3-2(4,5)1(6)7/h1-7,13,15-16H,8-12H2,(H,22,24);2*(H,6,7)/t13-,15-,16-;;/m1../s1. The van der Waals surface area contributed by atoms with E-state index in [9.17, 15) is 31.1 Å². The zero-order valence-corrected chi connectivity index (χ0v) is 19.9. The number of rotatable bonds is 4. The molecule has 2 saturated heterocycles. The number of alkyl halides is 6. The first-order valence-corrected chi connectivity index (χ1v) is 11.1. The molecular formula is C22H23F6N5O6. The molecule has 39 heavy (non-hydrogen) atoms. The average Bonchev–Trinajstić information content (AvgIpc) is 3.33. The van der Waals surface area contributed by atoms with Gasteiger partial charge in [0.05, 0.1) is 31.4 Å². The average molecular weight is 567 g/mol. The molecule has 4 rings (SSSR count). The number of carboxylic acid groups (broad SMARTS) is 2. The summed E-state index contributed by atoms with van der Waals surface area (Å²) in [5.41, 5.74) is 0.856. The van der Waals surface area contributed by atoms with Gasteiger partial charge in [0.25, 0.3) is 0 Å². The fraction of sp³-hybridized carbons (Fsp3) is 0.455. The molecule has 0 saturated carbocycles. The number of aromatic nitrogens is 3. The Balaban J connectivity index is 0.000000317. The van der Waals surface area contributed by atoms with Crippen molar-refractivity contribution in [1.29, 1.82) is 0 Å². The number of amides is 1. The van der Waals surface area contributed by atoms with Crippen molar-refractivity contribution < 1.29 is 55.7 Å². The minimum Gasteiger partial charge on any atom is -0.475 e. The molecule has 2 aromatic rings. The van der Waals surface area contributed by atoms with Gasteiger partial charge in [-0.3, -0.25) is 9.78 Å². The smallest absolute Gasteiger partial charge is 0.475 e. The Bertz CT molecular complexity index is 1070. The van der Waals surface area contributed by atoms with Gasteiger partial charge in [0.15, 0.2) is 0 Å². The topological polar surface area (TPSA) is 155 Å². The Morgan fingerprint density at radius 3 is 1.97 bits per heavy atom. The van der Waals surface area contributed by atoms with Gasteiger partial charge in [-0.2, -0.15) is 26.3 Å². The molecule has 0 radical (unpaired) electrons. The highest BCUT2D eigenvalue weighted by molar-refractivity contribution is 5.79.